The van der Waals surface area contributed by atoms with Gasteiger partial charge in [0.2, 0.25) is 11.7 Å². The monoisotopic (exact) mass is 449 g/mol. The van der Waals surface area contributed by atoms with Gasteiger partial charge in [-0.3, -0.25) is 19.2 Å². The van der Waals surface area contributed by atoms with Crippen LogP contribution in [0.1, 0.15) is 43.3 Å². The fourth-order valence-electron chi connectivity index (χ4n) is 3.31. The molecule has 0 aliphatic heterocycles. The smallest absolute Gasteiger partial charge is 0.287 e. The summed E-state index contributed by atoms with van der Waals surface area (Å²) < 4.78 is 16.5. The second-order valence-electron chi connectivity index (χ2n) is 7.79. The van der Waals surface area contributed by atoms with Crippen LogP contribution in [0.3, 0.4) is 0 Å². The molecule has 0 spiro atoms. The molecule has 2 aromatic rings. The van der Waals surface area contributed by atoms with Crippen LogP contribution in [0.5, 0.6) is 11.5 Å². The number of hydrogen-bond acceptors (Lipinski definition) is 7. The number of ether oxygens (including phenoxy) is 2. The number of nitrogens with one attached hydrogen (secondary N) is 3. The van der Waals surface area contributed by atoms with Gasteiger partial charge in [0.15, 0.2) is 17.1 Å². The molecular weight excluding hydrogens is 418 g/mol. The van der Waals surface area contributed by atoms with Gasteiger partial charge in [-0.25, -0.2) is 5.48 Å². The van der Waals surface area contributed by atoms with Gasteiger partial charge in [0.25, 0.3) is 11.8 Å². The quantitative estimate of drug-likeness (QED) is 0.474. The van der Waals surface area contributed by atoms with Gasteiger partial charge < -0.3 is 24.5 Å². The van der Waals surface area contributed by atoms with Gasteiger partial charge in [-0.2, -0.15) is 0 Å². The van der Waals surface area contributed by atoms with Gasteiger partial charge in [0.05, 0.1) is 21.3 Å². The molecule has 1 aromatic carbocycles. The number of carbonyl (C=O) groups excluding carboxylic acids is 3. The van der Waals surface area contributed by atoms with Crippen LogP contribution in [0.2, 0.25) is 0 Å². The first kappa shape index (κ1) is 25.0. The van der Waals surface area contributed by atoms with E-state index >= 15 is 0 Å². The maximum Gasteiger partial charge on any atom is 0.287 e. The van der Waals surface area contributed by atoms with Crippen LogP contribution < -0.4 is 25.6 Å². The highest BCUT2D eigenvalue weighted by Crippen LogP contribution is 2.39. The number of hydrogen-bond donors (Lipinski definition) is 3. The number of benzene rings is 1. The average Bonchev–Trinajstić information content (AvgIpc) is 3.08. The second kappa shape index (κ2) is 10.9. The van der Waals surface area contributed by atoms with Gasteiger partial charge in [-0.1, -0.05) is 13.8 Å². The third kappa shape index (κ3) is 5.50. The Hall–Kier alpha value is -3.27. The summed E-state index contributed by atoms with van der Waals surface area (Å²) in [5.74, 6) is -0.519. The molecule has 0 aliphatic rings. The summed E-state index contributed by atoms with van der Waals surface area (Å²) in [6.45, 7) is 7.12. The Labute approximate surface area is 186 Å². The van der Waals surface area contributed by atoms with E-state index in [4.69, 9.17) is 13.9 Å². The molecule has 1 heterocycles. The Morgan fingerprint density at radius 3 is 2.25 bits per heavy atom. The Morgan fingerprint density at radius 2 is 1.69 bits per heavy atom. The zero-order valence-electron chi connectivity index (χ0n) is 19.5. The first-order valence-corrected chi connectivity index (χ1v) is 10.2. The average molecular weight is 450 g/mol. The standard InChI is InChI=1S/C22H31N3O7/c1-11(2)10-15(21(27)23-13(4)20(26)25-31-7)24-22(28)17-12(3)14-8-9-16(29-5)19(30-6)18(14)32-17/h8-9,11,13,15H,10H2,1-7H3,(H,23,27)(H,24,28)(H,25,26)/t13-,15-/m0/s1. The summed E-state index contributed by atoms with van der Waals surface area (Å²) in [4.78, 5) is 42.3. The summed E-state index contributed by atoms with van der Waals surface area (Å²) in [6.07, 6.45) is 0.368. The molecule has 0 unspecified atom stereocenters. The van der Waals surface area contributed by atoms with Gasteiger partial charge in [-0.05, 0) is 38.3 Å². The molecular formula is C22H31N3O7. The third-order valence-corrected chi connectivity index (χ3v) is 4.94. The Kier molecular flexibility index (Phi) is 8.48. The SMILES string of the molecule is CONC(=O)[C@H](C)NC(=O)[C@H](CC(C)C)NC(=O)c1oc2c(OC)c(OC)ccc2c1C. The van der Waals surface area contributed by atoms with E-state index in [0.717, 1.165) is 0 Å². The lowest BCUT2D eigenvalue weighted by molar-refractivity contribution is -0.136. The minimum absolute atomic E-state index is 0.0679. The molecule has 10 nitrogen and oxygen atoms in total. The molecule has 176 valence electrons. The fraction of sp³-hybridized carbons (Fsp3) is 0.500. The van der Waals surface area contributed by atoms with E-state index < -0.39 is 29.8 Å². The summed E-state index contributed by atoms with van der Waals surface area (Å²) >= 11 is 0. The number of furan rings is 1. The first-order valence-electron chi connectivity index (χ1n) is 10.2. The molecule has 32 heavy (non-hydrogen) atoms. The van der Waals surface area contributed by atoms with Gasteiger partial charge in [-0.15, -0.1) is 0 Å². The maximum absolute atomic E-state index is 13.1. The van der Waals surface area contributed by atoms with Crippen LogP contribution in [-0.2, 0) is 14.4 Å². The lowest BCUT2D eigenvalue weighted by Gasteiger charge is -2.22. The third-order valence-electron chi connectivity index (χ3n) is 4.94. The van der Waals surface area contributed by atoms with Crippen molar-refractivity contribution in [2.45, 2.75) is 46.2 Å². The van der Waals surface area contributed by atoms with Crippen molar-refractivity contribution in [2.24, 2.45) is 5.92 Å². The fourth-order valence-corrected chi connectivity index (χ4v) is 3.31. The van der Waals surface area contributed by atoms with Crippen molar-refractivity contribution in [1.29, 1.82) is 0 Å². The van der Waals surface area contributed by atoms with Gasteiger partial charge in [0, 0.05) is 10.9 Å². The molecule has 1 aromatic heterocycles. The zero-order valence-corrected chi connectivity index (χ0v) is 19.5. The van der Waals surface area contributed by atoms with Crippen LogP contribution in [0.15, 0.2) is 16.5 Å². The van der Waals surface area contributed by atoms with Crippen LogP contribution >= 0.6 is 0 Å². The lowest BCUT2D eigenvalue weighted by atomic mass is 10.0. The van der Waals surface area contributed by atoms with Crippen LogP contribution in [0.4, 0.5) is 0 Å². The first-order chi connectivity index (χ1) is 15.1. The predicted molar refractivity (Wildman–Crippen MR) is 118 cm³/mol. The van der Waals surface area contributed by atoms with Crippen molar-refractivity contribution in [2.75, 3.05) is 21.3 Å². The molecule has 10 heteroatoms. The van der Waals surface area contributed by atoms with E-state index in [1.807, 2.05) is 13.8 Å². The molecule has 0 saturated heterocycles. The molecule has 0 radical (unpaired) electrons. The summed E-state index contributed by atoms with van der Waals surface area (Å²) in [6, 6.07) is 1.79. The highest BCUT2D eigenvalue weighted by atomic mass is 16.6. The maximum atomic E-state index is 13.1. The highest BCUT2D eigenvalue weighted by Gasteiger charge is 2.28. The Balaban J connectivity index is 2.29. The lowest BCUT2D eigenvalue weighted by Crippen LogP contribution is -2.53. The van der Waals surface area contributed by atoms with Crippen LogP contribution in [0.25, 0.3) is 11.0 Å². The molecule has 2 atom stereocenters. The Morgan fingerprint density at radius 1 is 1.00 bits per heavy atom. The van der Waals surface area contributed by atoms with Crippen molar-refractivity contribution in [3.63, 3.8) is 0 Å². The van der Waals surface area contributed by atoms with Gasteiger partial charge >= 0.3 is 0 Å². The van der Waals surface area contributed by atoms with E-state index in [-0.39, 0.29) is 11.7 Å². The molecule has 2 rings (SSSR count). The van der Waals surface area contributed by atoms with Crippen LogP contribution in [-0.4, -0.2) is 51.1 Å². The minimum Gasteiger partial charge on any atom is -0.493 e. The van der Waals surface area contributed by atoms with Gasteiger partial charge in [0.1, 0.15) is 12.1 Å². The van der Waals surface area contributed by atoms with E-state index in [1.165, 1.54) is 28.3 Å². The Bertz CT molecular complexity index is 984. The van der Waals surface area contributed by atoms with Crippen molar-refractivity contribution >= 4 is 28.7 Å². The molecule has 0 fully saturated rings. The largest absolute Gasteiger partial charge is 0.493 e. The zero-order chi connectivity index (χ0) is 24.0. The number of fused-ring (bicyclic) bond motifs is 1. The minimum atomic E-state index is -0.871. The summed E-state index contributed by atoms with van der Waals surface area (Å²) in [5.41, 5.74) is 3.15. The molecule has 3 amide bonds. The molecule has 0 bridgehead atoms. The van der Waals surface area contributed by atoms with E-state index in [9.17, 15) is 14.4 Å². The summed E-state index contributed by atoms with van der Waals surface area (Å²) in [5, 5.41) is 6.01. The predicted octanol–water partition coefficient (Wildman–Crippen LogP) is 2.09. The summed E-state index contributed by atoms with van der Waals surface area (Å²) in [7, 11) is 4.30. The van der Waals surface area contributed by atoms with Crippen molar-refractivity contribution < 1.29 is 33.1 Å². The number of amides is 3. The number of hydroxylamine groups is 1. The van der Waals surface area contributed by atoms with Crippen LogP contribution in [0, 0.1) is 12.8 Å². The number of aryl methyl sites for hydroxylation is 1. The topological polar surface area (TPSA) is 128 Å². The second-order valence-corrected chi connectivity index (χ2v) is 7.79. The van der Waals surface area contributed by atoms with Crippen molar-refractivity contribution in [3.8, 4) is 11.5 Å². The normalized spacial score (nSPS) is 12.9. The van der Waals surface area contributed by atoms with E-state index in [0.29, 0.717) is 34.5 Å². The number of rotatable bonds is 10. The molecule has 0 aliphatic carbocycles. The molecule has 3 N–H and O–H groups in total. The molecule has 0 saturated carbocycles. The van der Waals surface area contributed by atoms with E-state index in [2.05, 4.69) is 21.0 Å². The number of carbonyl (C=O) groups is 3. The number of methoxy groups -OCH3 is 2. The highest BCUT2D eigenvalue weighted by molar-refractivity contribution is 6.02. The van der Waals surface area contributed by atoms with E-state index in [1.54, 1.807) is 19.1 Å². The van der Waals surface area contributed by atoms with Crippen molar-refractivity contribution in [1.82, 2.24) is 16.1 Å². The van der Waals surface area contributed by atoms with Crippen molar-refractivity contribution in [3.05, 3.63) is 23.5 Å².